The van der Waals surface area contributed by atoms with E-state index in [-0.39, 0.29) is 16.8 Å². The van der Waals surface area contributed by atoms with Gasteiger partial charge >= 0.3 is 0 Å². The Kier molecular flexibility index (Phi) is 4.38. The van der Waals surface area contributed by atoms with Crippen molar-refractivity contribution in [3.63, 3.8) is 0 Å². The van der Waals surface area contributed by atoms with E-state index in [9.17, 15) is 9.59 Å². The van der Waals surface area contributed by atoms with Gasteiger partial charge in [-0.1, -0.05) is 30.0 Å². The predicted octanol–water partition coefficient (Wildman–Crippen LogP) is 2.78. The Bertz CT molecular complexity index is 782. The van der Waals surface area contributed by atoms with E-state index in [1.54, 1.807) is 49.6 Å². The van der Waals surface area contributed by atoms with Gasteiger partial charge in [-0.25, -0.2) is 4.90 Å². The van der Waals surface area contributed by atoms with Gasteiger partial charge in [-0.15, -0.1) is 10.2 Å². The summed E-state index contributed by atoms with van der Waals surface area (Å²) in [5.74, 6) is 0.0653. The molecule has 7 heteroatoms. The van der Waals surface area contributed by atoms with E-state index in [0.29, 0.717) is 17.0 Å². The zero-order chi connectivity index (χ0) is 16.2. The summed E-state index contributed by atoms with van der Waals surface area (Å²) in [5, 5.41) is 8.38. The highest BCUT2D eigenvalue weighted by molar-refractivity contribution is 8.15. The zero-order valence-corrected chi connectivity index (χ0v) is 13.1. The van der Waals surface area contributed by atoms with E-state index in [1.807, 2.05) is 6.07 Å². The highest BCUT2D eigenvalue weighted by Gasteiger charge is 2.34. The van der Waals surface area contributed by atoms with Gasteiger partial charge in [-0.2, -0.15) is 0 Å². The number of carbonyl (C=O) groups excluding carboxylic acids is 2. The van der Waals surface area contributed by atoms with Crippen LogP contribution < -0.4 is 0 Å². The molecule has 0 spiro atoms. The highest BCUT2D eigenvalue weighted by atomic mass is 32.2. The summed E-state index contributed by atoms with van der Waals surface area (Å²) in [6, 6.07) is 12.1. The van der Waals surface area contributed by atoms with Gasteiger partial charge in [0.05, 0.1) is 12.0 Å². The van der Waals surface area contributed by atoms with Gasteiger partial charge < -0.3 is 4.42 Å². The average molecular weight is 327 g/mol. The van der Waals surface area contributed by atoms with E-state index < -0.39 is 5.91 Å². The summed E-state index contributed by atoms with van der Waals surface area (Å²) in [4.78, 5) is 25.6. The maximum absolute atomic E-state index is 12.5. The Hall–Kier alpha value is -2.67. The maximum atomic E-state index is 12.5. The minimum absolute atomic E-state index is 0.173. The summed E-state index contributed by atoms with van der Waals surface area (Å²) in [6.07, 6.45) is 1.54. The quantitative estimate of drug-likeness (QED) is 0.493. The molecule has 0 radical (unpaired) electrons. The van der Waals surface area contributed by atoms with Crippen LogP contribution in [-0.4, -0.2) is 33.3 Å². The first-order chi connectivity index (χ1) is 11.2. The number of benzene rings is 1. The second-order valence-electron chi connectivity index (χ2n) is 4.73. The molecule has 1 fully saturated rings. The second kappa shape index (κ2) is 6.62. The highest BCUT2D eigenvalue weighted by Crippen LogP contribution is 2.22. The van der Waals surface area contributed by atoms with Crippen LogP contribution in [0.25, 0.3) is 0 Å². The molecule has 3 rings (SSSR count). The van der Waals surface area contributed by atoms with Crippen LogP contribution in [0.2, 0.25) is 0 Å². The maximum Gasteiger partial charge on any atom is 0.266 e. The third kappa shape index (κ3) is 3.24. The van der Waals surface area contributed by atoms with Gasteiger partial charge in [0.15, 0.2) is 5.17 Å². The fraction of sp³-hybridized carbons (Fsp3) is 0.125. The normalized spacial score (nSPS) is 17.1. The van der Waals surface area contributed by atoms with Crippen molar-refractivity contribution in [2.24, 2.45) is 10.2 Å². The number of amidine groups is 1. The lowest BCUT2D eigenvalue weighted by atomic mass is 10.2. The molecule has 1 aromatic heterocycles. The summed E-state index contributed by atoms with van der Waals surface area (Å²) in [7, 11) is 0. The smallest absolute Gasteiger partial charge is 0.266 e. The molecule has 1 aromatic carbocycles. The summed E-state index contributed by atoms with van der Waals surface area (Å²) in [5.41, 5.74) is 0.998. The lowest BCUT2D eigenvalue weighted by Crippen LogP contribution is -2.35. The first kappa shape index (κ1) is 15.2. The number of rotatable bonds is 3. The molecule has 1 saturated heterocycles. The Morgan fingerprint density at radius 3 is 2.70 bits per heavy atom. The standard InChI is InChI=1S/C16H13N3O3S/c1-11(13-8-5-9-22-13)17-18-16-19(14(20)10-23-16)15(21)12-6-3-2-4-7-12/h2-9H,10H2,1H3/b17-11-,18-16+. The van der Waals surface area contributed by atoms with Gasteiger partial charge in [0.1, 0.15) is 11.5 Å². The molecule has 2 amide bonds. The first-order valence-corrected chi connectivity index (χ1v) is 7.86. The van der Waals surface area contributed by atoms with E-state index in [1.165, 1.54) is 11.8 Å². The van der Waals surface area contributed by atoms with Gasteiger partial charge in [-0.3, -0.25) is 9.59 Å². The number of imide groups is 1. The fourth-order valence-corrected chi connectivity index (χ4v) is 2.79. The van der Waals surface area contributed by atoms with Gasteiger partial charge in [0, 0.05) is 5.56 Å². The summed E-state index contributed by atoms with van der Waals surface area (Å²) < 4.78 is 5.22. The third-order valence-corrected chi connectivity index (χ3v) is 4.07. The summed E-state index contributed by atoms with van der Waals surface area (Å²) >= 11 is 1.19. The minimum atomic E-state index is -0.398. The van der Waals surface area contributed by atoms with Crippen molar-refractivity contribution in [3.8, 4) is 0 Å². The number of hydrogen-bond donors (Lipinski definition) is 0. The molecule has 23 heavy (non-hydrogen) atoms. The van der Waals surface area contributed by atoms with Crippen molar-refractivity contribution < 1.29 is 14.0 Å². The third-order valence-electron chi connectivity index (χ3n) is 3.15. The molecule has 116 valence electrons. The van der Waals surface area contributed by atoms with E-state index >= 15 is 0 Å². The van der Waals surface area contributed by atoms with Crippen molar-refractivity contribution in [2.45, 2.75) is 6.92 Å². The zero-order valence-electron chi connectivity index (χ0n) is 12.3. The largest absolute Gasteiger partial charge is 0.463 e. The van der Waals surface area contributed by atoms with Crippen molar-refractivity contribution in [1.82, 2.24) is 4.90 Å². The Morgan fingerprint density at radius 2 is 2.00 bits per heavy atom. The van der Waals surface area contributed by atoms with Crippen LogP contribution in [0.5, 0.6) is 0 Å². The summed E-state index contributed by atoms with van der Waals surface area (Å²) in [6.45, 7) is 1.74. The first-order valence-electron chi connectivity index (χ1n) is 6.88. The van der Waals surface area contributed by atoms with Crippen LogP contribution in [0.15, 0.2) is 63.3 Å². The molecule has 1 aliphatic rings. The van der Waals surface area contributed by atoms with Crippen LogP contribution in [0.3, 0.4) is 0 Å². The van der Waals surface area contributed by atoms with Crippen molar-refractivity contribution in [3.05, 3.63) is 60.1 Å². The lowest BCUT2D eigenvalue weighted by molar-refractivity contribution is -0.122. The molecule has 0 atom stereocenters. The molecule has 0 unspecified atom stereocenters. The number of carbonyl (C=O) groups is 2. The van der Waals surface area contributed by atoms with Crippen molar-refractivity contribution in [1.29, 1.82) is 0 Å². The molecule has 1 aliphatic heterocycles. The predicted molar refractivity (Wildman–Crippen MR) is 88.4 cm³/mol. The molecular formula is C16H13N3O3S. The van der Waals surface area contributed by atoms with Gasteiger partial charge in [0.2, 0.25) is 5.91 Å². The Morgan fingerprint density at radius 1 is 1.22 bits per heavy atom. The van der Waals surface area contributed by atoms with Crippen LogP contribution >= 0.6 is 11.8 Å². The van der Waals surface area contributed by atoms with Crippen molar-refractivity contribution >= 4 is 34.5 Å². The molecule has 0 N–H and O–H groups in total. The molecule has 0 bridgehead atoms. The van der Waals surface area contributed by atoms with Crippen LogP contribution in [0.4, 0.5) is 0 Å². The van der Waals surface area contributed by atoms with E-state index in [2.05, 4.69) is 10.2 Å². The number of furan rings is 1. The van der Waals surface area contributed by atoms with Crippen LogP contribution in [0, 0.1) is 0 Å². The molecule has 2 heterocycles. The Balaban J connectivity index is 1.87. The molecule has 2 aromatic rings. The Labute approximate surface area is 136 Å². The monoisotopic (exact) mass is 327 g/mol. The average Bonchev–Trinajstić information content (AvgIpc) is 3.23. The number of hydrogen-bond acceptors (Lipinski definition) is 6. The van der Waals surface area contributed by atoms with Gasteiger partial charge in [-0.05, 0) is 31.2 Å². The van der Waals surface area contributed by atoms with Crippen LogP contribution in [-0.2, 0) is 4.79 Å². The minimum Gasteiger partial charge on any atom is -0.463 e. The number of thioether (sulfide) groups is 1. The van der Waals surface area contributed by atoms with E-state index in [4.69, 9.17) is 4.42 Å². The topological polar surface area (TPSA) is 75.2 Å². The van der Waals surface area contributed by atoms with Crippen LogP contribution in [0.1, 0.15) is 23.0 Å². The lowest BCUT2D eigenvalue weighted by Gasteiger charge is -2.12. The van der Waals surface area contributed by atoms with Gasteiger partial charge in [0.25, 0.3) is 5.91 Å². The van der Waals surface area contributed by atoms with E-state index in [0.717, 1.165) is 4.90 Å². The molecule has 6 nitrogen and oxygen atoms in total. The number of nitrogens with zero attached hydrogens (tertiary/aromatic N) is 3. The number of amides is 2. The fourth-order valence-electron chi connectivity index (χ4n) is 2.00. The molecule has 0 saturated carbocycles. The SMILES string of the molecule is C/C(=N/N=C1/SCC(=O)N1C(=O)c1ccccc1)c1ccco1. The second-order valence-corrected chi connectivity index (χ2v) is 5.68. The molecular weight excluding hydrogens is 314 g/mol. The van der Waals surface area contributed by atoms with Crippen molar-refractivity contribution in [2.75, 3.05) is 5.75 Å². The molecule has 0 aliphatic carbocycles.